The van der Waals surface area contributed by atoms with Gasteiger partial charge in [0.1, 0.15) is 0 Å². The van der Waals surface area contributed by atoms with E-state index in [1.54, 1.807) is 4.67 Å². The Labute approximate surface area is 221 Å². The van der Waals surface area contributed by atoms with Crippen molar-refractivity contribution < 1.29 is 41.8 Å². The molecule has 0 saturated carbocycles. The topological polar surface area (TPSA) is 184 Å². The summed E-state index contributed by atoms with van der Waals surface area (Å²) in [6.45, 7) is 7.27. The number of nitriles is 1. The van der Waals surface area contributed by atoms with Crippen LogP contribution in [0, 0.1) is 11.3 Å². The zero-order chi connectivity index (χ0) is 28.7. The summed E-state index contributed by atoms with van der Waals surface area (Å²) in [5.74, 6) is 0. The Morgan fingerprint density at radius 1 is 1.21 bits per heavy atom. The van der Waals surface area contributed by atoms with Crippen molar-refractivity contribution in [2.75, 3.05) is 34.3 Å². The van der Waals surface area contributed by atoms with Crippen LogP contribution in [0.5, 0.6) is 0 Å². The van der Waals surface area contributed by atoms with Gasteiger partial charge in [0.2, 0.25) is 0 Å². The molecule has 0 unspecified atom stereocenters. The zero-order valence-corrected chi connectivity index (χ0v) is 24.5. The molecule has 1 aliphatic heterocycles. The van der Waals surface area contributed by atoms with Crippen LogP contribution in [0.1, 0.15) is 40.3 Å². The summed E-state index contributed by atoms with van der Waals surface area (Å²) in [6, 6.07) is 2.61. The van der Waals surface area contributed by atoms with E-state index in [1.165, 1.54) is 27.5 Å². The zero-order valence-electron chi connectivity index (χ0n) is 22.6. The van der Waals surface area contributed by atoms with E-state index >= 15 is 0 Å². The molecule has 218 valence electrons. The molecule has 1 aliphatic rings. The third kappa shape index (κ3) is 7.78. The van der Waals surface area contributed by atoms with E-state index in [9.17, 15) is 19.0 Å². The molecular formula is C21H38N4O11P2. The molecule has 0 amide bonds. The van der Waals surface area contributed by atoms with Crippen LogP contribution >= 0.6 is 15.7 Å². The van der Waals surface area contributed by atoms with Gasteiger partial charge in [-0.05, 0) is 0 Å². The third-order valence-electron chi connectivity index (χ3n) is 5.73. The predicted octanol–water partition coefficient (Wildman–Crippen LogP) is 1.70. The molecule has 17 heteroatoms. The molecule has 2 N–H and O–H groups in total. The van der Waals surface area contributed by atoms with E-state index in [2.05, 4.69) is 4.98 Å². The Balaban J connectivity index is 2.55. The molecule has 1 aromatic rings. The summed E-state index contributed by atoms with van der Waals surface area (Å²) in [7, 11) is -4.23. The molecule has 0 aliphatic carbocycles. The monoisotopic (exact) mass is 584 g/mol. The summed E-state index contributed by atoms with van der Waals surface area (Å²) in [4.78, 5) is 38.1. The molecule has 0 aromatic carbocycles. The molecule has 0 spiro atoms. The minimum atomic E-state index is -4.29. The van der Waals surface area contributed by atoms with Gasteiger partial charge in [-0.15, -0.1) is 0 Å². The molecule has 38 heavy (non-hydrogen) atoms. The van der Waals surface area contributed by atoms with E-state index in [0.717, 1.165) is 10.6 Å². The molecule has 0 bridgehead atoms. The molecule has 1 fully saturated rings. The van der Waals surface area contributed by atoms with Crippen molar-refractivity contribution in [2.45, 2.75) is 70.9 Å². The van der Waals surface area contributed by atoms with Crippen LogP contribution in [-0.2, 0) is 36.9 Å². The molecule has 1 saturated heterocycles. The maximum absolute atomic E-state index is 12.7. The summed E-state index contributed by atoms with van der Waals surface area (Å²) in [6.07, 6.45) is -4.19. The normalized spacial score (nSPS) is 22.9. The van der Waals surface area contributed by atoms with E-state index in [-0.39, 0.29) is 25.1 Å². The molecule has 4 atom stereocenters. The van der Waals surface area contributed by atoms with Gasteiger partial charge in [0.15, 0.2) is 0 Å². The third-order valence-corrected chi connectivity index (χ3v) is 10.2. The summed E-state index contributed by atoms with van der Waals surface area (Å²) in [5.41, 5.74) is -1.40. The number of hydrogen-bond acceptors (Lipinski definition) is 13. The van der Waals surface area contributed by atoms with Crippen molar-refractivity contribution >= 4 is 15.7 Å². The Hall–Kier alpha value is -1.53. The fraction of sp³-hybridized carbons (Fsp3) is 0.762. The molecular weight excluding hydrogens is 546 g/mol. The minimum absolute atomic E-state index is 0.00222. The summed E-state index contributed by atoms with van der Waals surface area (Å²) < 4.78 is 54.6. The second-order valence-electron chi connectivity index (χ2n) is 8.87. The molecule has 0 radical (unpaired) electrons. The predicted molar refractivity (Wildman–Crippen MR) is 137 cm³/mol. The fourth-order valence-corrected chi connectivity index (χ4v) is 7.44. The van der Waals surface area contributed by atoms with Gasteiger partial charge < -0.3 is 0 Å². The quantitative estimate of drug-likeness (QED) is 0.225. The number of rotatable bonds is 15. The maximum atomic E-state index is 12.7. The molecule has 2 rings (SSSR count). The van der Waals surface area contributed by atoms with Crippen LogP contribution in [0.15, 0.2) is 21.9 Å². The van der Waals surface area contributed by atoms with Gasteiger partial charge in [0, 0.05) is 0 Å². The van der Waals surface area contributed by atoms with E-state index in [1.807, 2.05) is 33.8 Å². The van der Waals surface area contributed by atoms with Crippen LogP contribution in [0.3, 0.4) is 0 Å². The summed E-state index contributed by atoms with van der Waals surface area (Å²) >= 11 is 0. The first kappa shape index (κ1) is 32.7. The number of aromatic amines is 1. The van der Waals surface area contributed by atoms with Gasteiger partial charge in [0.05, 0.1) is 0 Å². The van der Waals surface area contributed by atoms with Crippen LogP contribution in [0.25, 0.3) is 0 Å². The van der Waals surface area contributed by atoms with Gasteiger partial charge in [-0.1, -0.05) is 0 Å². The standard InChI is InChI=1S/C21H38N4O11P2/c1-14(2)25(15(3)4)38(29,34-12-8-10-22)36-18-17(30-5)19(24-11-9-16(26)23-21(24)27)35-20(18)33-13-37(28,31-6)32-7/h9,11,14-15,17-20,29,38H,8,12-13H2,1-7H3,(H,23,26,27)/t17-,18+,19-,20+/m1/s1. The Morgan fingerprint density at radius 3 is 2.34 bits per heavy atom. The number of H-pyrrole nitrogens is 1. The summed E-state index contributed by atoms with van der Waals surface area (Å²) in [5, 5.41) is 9.01. The SMILES string of the molecule is CO[C@@H]1[C@H](O[PH](O)(OCCC#N)N(C(C)C)C(C)C)[C@@H](OCP(=O)(OC)OC)O[C@H]1n1ccc(=O)[nH]c1=O. The van der Waals surface area contributed by atoms with Crippen molar-refractivity contribution in [2.24, 2.45) is 0 Å². The first-order chi connectivity index (χ1) is 17.9. The average molecular weight is 585 g/mol. The fourth-order valence-electron chi connectivity index (χ4n) is 4.14. The second-order valence-corrected chi connectivity index (χ2v) is 13.2. The van der Waals surface area contributed by atoms with Crippen LogP contribution in [0.4, 0.5) is 0 Å². The van der Waals surface area contributed by atoms with Crippen molar-refractivity contribution in [1.29, 1.82) is 5.26 Å². The number of nitrogens with zero attached hydrogens (tertiary/aromatic N) is 3. The van der Waals surface area contributed by atoms with Crippen LogP contribution in [0.2, 0.25) is 0 Å². The van der Waals surface area contributed by atoms with Crippen molar-refractivity contribution in [3.05, 3.63) is 33.1 Å². The Bertz CT molecular complexity index is 1090. The molecule has 1 aromatic heterocycles. The average Bonchev–Trinajstić information content (AvgIpc) is 3.18. The van der Waals surface area contributed by atoms with Crippen LogP contribution < -0.4 is 11.2 Å². The van der Waals surface area contributed by atoms with E-state index < -0.39 is 58.0 Å². The van der Waals surface area contributed by atoms with Gasteiger partial charge in [0.25, 0.3) is 0 Å². The first-order valence-corrected chi connectivity index (χ1v) is 15.3. The number of nitrogens with one attached hydrogen (secondary N) is 1. The van der Waals surface area contributed by atoms with E-state index in [4.69, 9.17) is 37.6 Å². The molecule has 15 nitrogen and oxygen atoms in total. The van der Waals surface area contributed by atoms with Crippen LogP contribution in [-0.4, -0.2) is 84.0 Å². The Kier molecular flexibility index (Phi) is 12.2. The van der Waals surface area contributed by atoms with E-state index in [0.29, 0.717) is 0 Å². The van der Waals surface area contributed by atoms with Crippen molar-refractivity contribution in [3.8, 4) is 6.07 Å². The van der Waals surface area contributed by atoms with Crippen molar-refractivity contribution in [3.63, 3.8) is 0 Å². The van der Waals surface area contributed by atoms with Gasteiger partial charge in [-0.2, -0.15) is 0 Å². The second kappa shape index (κ2) is 14.2. The van der Waals surface area contributed by atoms with Gasteiger partial charge in [-0.25, -0.2) is 0 Å². The van der Waals surface area contributed by atoms with Gasteiger partial charge >= 0.3 is 221 Å². The van der Waals surface area contributed by atoms with Gasteiger partial charge in [-0.3, -0.25) is 0 Å². The number of hydrogen-bond donors (Lipinski definition) is 2. The number of ether oxygens (including phenoxy) is 3. The molecule has 2 heterocycles. The number of aromatic nitrogens is 2. The number of methoxy groups -OCH3 is 1. The first-order valence-electron chi connectivity index (χ1n) is 11.9. The van der Waals surface area contributed by atoms with Crippen molar-refractivity contribution in [1.82, 2.24) is 14.2 Å². The Morgan fingerprint density at radius 2 is 1.84 bits per heavy atom.